The molecular weight excluding hydrogens is 244 g/mol. The summed E-state index contributed by atoms with van der Waals surface area (Å²) in [6, 6.07) is 3.51. The Balaban J connectivity index is 2.88. The third-order valence-electron chi connectivity index (χ3n) is 2.86. The number of hydrogen-bond acceptors (Lipinski definition) is 4. The smallest absolute Gasteiger partial charge is 0.325 e. The molecule has 1 amide bonds. The lowest BCUT2D eigenvalue weighted by atomic mass is 10.0. The van der Waals surface area contributed by atoms with E-state index in [-0.39, 0.29) is 12.5 Å². The van der Waals surface area contributed by atoms with Crippen LogP contribution in [0.25, 0.3) is 0 Å². The zero-order valence-electron chi connectivity index (χ0n) is 11.8. The Morgan fingerprint density at radius 2 is 1.89 bits per heavy atom. The Kier molecular flexibility index (Phi) is 4.92. The lowest BCUT2D eigenvalue weighted by Gasteiger charge is -2.18. The number of hydrogen-bond donors (Lipinski definition) is 1. The van der Waals surface area contributed by atoms with E-state index in [2.05, 4.69) is 0 Å². The molecule has 0 heterocycles. The number of rotatable bonds is 4. The lowest BCUT2D eigenvalue weighted by Crippen LogP contribution is -2.33. The summed E-state index contributed by atoms with van der Waals surface area (Å²) in [6.45, 7) is 5.69. The highest BCUT2D eigenvalue weighted by atomic mass is 16.5. The maximum absolute atomic E-state index is 12.2. The van der Waals surface area contributed by atoms with Crippen LogP contribution >= 0.6 is 0 Å². The van der Waals surface area contributed by atoms with Crippen LogP contribution in [0.5, 0.6) is 0 Å². The number of nitrogens with zero attached hydrogens (tertiary/aromatic N) is 1. The van der Waals surface area contributed by atoms with E-state index in [9.17, 15) is 9.59 Å². The molecule has 0 aromatic heterocycles. The van der Waals surface area contributed by atoms with E-state index in [1.54, 1.807) is 20.0 Å². The van der Waals surface area contributed by atoms with Gasteiger partial charge in [0.2, 0.25) is 0 Å². The predicted octanol–water partition coefficient (Wildman–Crippen LogP) is 1.52. The van der Waals surface area contributed by atoms with Gasteiger partial charge in [-0.15, -0.1) is 0 Å². The Hall–Kier alpha value is -2.04. The molecule has 1 aromatic carbocycles. The second-order valence-corrected chi connectivity index (χ2v) is 4.49. The van der Waals surface area contributed by atoms with Crippen molar-refractivity contribution in [1.29, 1.82) is 0 Å². The van der Waals surface area contributed by atoms with Gasteiger partial charge < -0.3 is 15.4 Å². The van der Waals surface area contributed by atoms with Crippen molar-refractivity contribution >= 4 is 17.6 Å². The van der Waals surface area contributed by atoms with Gasteiger partial charge in [-0.1, -0.05) is 6.07 Å². The van der Waals surface area contributed by atoms with E-state index in [0.717, 1.165) is 11.1 Å². The summed E-state index contributed by atoms with van der Waals surface area (Å²) in [7, 11) is 1.56. The number of carbonyl (C=O) groups is 2. The van der Waals surface area contributed by atoms with Crippen molar-refractivity contribution in [3.05, 3.63) is 28.8 Å². The molecule has 104 valence electrons. The number of esters is 1. The lowest BCUT2D eigenvalue weighted by molar-refractivity contribution is -0.143. The minimum absolute atomic E-state index is 0.0695. The summed E-state index contributed by atoms with van der Waals surface area (Å²) in [6.07, 6.45) is 0. The van der Waals surface area contributed by atoms with E-state index < -0.39 is 5.97 Å². The SMILES string of the molecule is CCOC(=O)CN(C)C(=O)c1cc(N)c(C)cc1C. The molecule has 19 heavy (non-hydrogen) atoms. The number of anilines is 1. The van der Waals surface area contributed by atoms with Gasteiger partial charge in [-0.05, 0) is 38.0 Å². The fourth-order valence-corrected chi connectivity index (χ4v) is 1.78. The van der Waals surface area contributed by atoms with Gasteiger partial charge in [-0.25, -0.2) is 0 Å². The highest BCUT2D eigenvalue weighted by molar-refractivity contribution is 5.98. The van der Waals surface area contributed by atoms with Crippen LogP contribution in [0.1, 0.15) is 28.4 Å². The largest absolute Gasteiger partial charge is 0.465 e. The van der Waals surface area contributed by atoms with Gasteiger partial charge in [0.25, 0.3) is 5.91 Å². The third kappa shape index (κ3) is 3.71. The first-order chi connectivity index (χ1) is 8.86. The van der Waals surface area contributed by atoms with Crippen molar-refractivity contribution in [3.8, 4) is 0 Å². The maximum atomic E-state index is 12.2. The predicted molar refractivity (Wildman–Crippen MR) is 73.9 cm³/mol. The Morgan fingerprint density at radius 1 is 1.26 bits per heavy atom. The zero-order valence-corrected chi connectivity index (χ0v) is 11.8. The summed E-state index contributed by atoms with van der Waals surface area (Å²) in [4.78, 5) is 24.9. The standard InChI is InChI=1S/C14H20N2O3/c1-5-19-13(17)8-16(4)14(18)11-7-12(15)10(3)6-9(11)2/h6-7H,5,8,15H2,1-4H3. The quantitative estimate of drug-likeness (QED) is 0.661. The molecule has 0 atom stereocenters. The van der Waals surface area contributed by atoms with E-state index >= 15 is 0 Å². The summed E-state index contributed by atoms with van der Waals surface area (Å²) in [5.41, 5.74) is 8.66. The molecule has 5 heteroatoms. The van der Waals surface area contributed by atoms with Crippen molar-refractivity contribution < 1.29 is 14.3 Å². The van der Waals surface area contributed by atoms with Crippen molar-refractivity contribution in [2.75, 3.05) is 25.9 Å². The normalized spacial score (nSPS) is 10.1. The van der Waals surface area contributed by atoms with Gasteiger partial charge in [0, 0.05) is 18.3 Å². The van der Waals surface area contributed by atoms with Crippen molar-refractivity contribution in [3.63, 3.8) is 0 Å². The monoisotopic (exact) mass is 264 g/mol. The molecule has 0 bridgehead atoms. The van der Waals surface area contributed by atoms with Crippen molar-refractivity contribution in [1.82, 2.24) is 4.90 Å². The average molecular weight is 264 g/mol. The second-order valence-electron chi connectivity index (χ2n) is 4.49. The van der Waals surface area contributed by atoms with Crippen LogP contribution in [0, 0.1) is 13.8 Å². The molecule has 0 saturated carbocycles. The van der Waals surface area contributed by atoms with Gasteiger partial charge in [-0.2, -0.15) is 0 Å². The van der Waals surface area contributed by atoms with Crippen molar-refractivity contribution in [2.24, 2.45) is 0 Å². The van der Waals surface area contributed by atoms with Crippen LogP contribution in [-0.2, 0) is 9.53 Å². The fraction of sp³-hybridized carbons (Fsp3) is 0.429. The van der Waals surface area contributed by atoms with Crippen LogP contribution in [0.4, 0.5) is 5.69 Å². The highest BCUT2D eigenvalue weighted by Crippen LogP contribution is 2.19. The fourth-order valence-electron chi connectivity index (χ4n) is 1.78. The zero-order chi connectivity index (χ0) is 14.6. The first-order valence-corrected chi connectivity index (χ1v) is 6.14. The van der Waals surface area contributed by atoms with E-state index in [0.29, 0.717) is 17.9 Å². The van der Waals surface area contributed by atoms with Crippen LogP contribution < -0.4 is 5.73 Å². The Bertz CT molecular complexity index is 498. The molecule has 2 N–H and O–H groups in total. The molecule has 1 rings (SSSR count). The van der Waals surface area contributed by atoms with Gasteiger partial charge in [0.1, 0.15) is 6.54 Å². The molecule has 0 aliphatic rings. The van der Waals surface area contributed by atoms with E-state index in [1.807, 2.05) is 19.9 Å². The van der Waals surface area contributed by atoms with Gasteiger partial charge >= 0.3 is 5.97 Å². The van der Waals surface area contributed by atoms with E-state index in [4.69, 9.17) is 10.5 Å². The first kappa shape index (κ1) is 15.0. The Morgan fingerprint density at radius 3 is 2.47 bits per heavy atom. The molecule has 0 unspecified atom stereocenters. The molecule has 0 saturated heterocycles. The number of ether oxygens (including phenoxy) is 1. The van der Waals surface area contributed by atoms with Crippen LogP contribution in [0.2, 0.25) is 0 Å². The summed E-state index contributed by atoms with van der Waals surface area (Å²) >= 11 is 0. The number of aryl methyl sites for hydroxylation is 2. The third-order valence-corrected chi connectivity index (χ3v) is 2.86. The summed E-state index contributed by atoms with van der Waals surface area (Å²) < 4.78 is 4.81. The number of carbonyl (C=O) groups excluding carboxylic acids is 2. The number of nitrogens with two attached hydrogens (primary N) is 1. The molecule has 0 aliphatic carbocycles. The topological polar surface area (TPSA) is 72.6 Å². The summed E-state index contributed by atoms with van der Waals surface area (Å²) in [5.74, 6) is -0.659. The maximum Gasteiger partial charge on any atom is 0.325 e. The minimum Gasteiger partial charge on any atom is -0.465 e. The van der Waals surface area contributed by atoms with Gasteiger partial charge in [0.15, 0.2) is 0 Å². The average Bonchev–Trinajstić information content (AvgIpc) is 2.33. The van der Waals surface area contributed by atoms with E-state index in [1.165, 1.54) is 4.90 Å². The molecule has 0 radical (unpaired) electrons. The molecule has 5 nitrogen and oxygen atoms in total. The Labute approximate surface area is 113 Å². The molecule has 0 spiro atoms. The van der Waals surface area contributed by atoms with Crippen LogP contribution in [0.15, 0.2) is 12.1 Å². The minimum atomic E-state index is -0.420. The number of benzene rings is 1. The molecule has 1 aromatic rings. The van der Waals surface area contributed by atoms with Crippen molar-refractivity contribution in [2.45, 2.75) is 20.8 Å². The van der Waals surface area contributed by atoms with Crippen LogP contribution in [0.3, 0.4) is 0 Å². The van der Waals surface area contributed by atoms with Crippen LogP contribution in [-0.4, -0.2) is 37.0 Å². The number of amides is 1. The first-order valence-electron chi connectivity index (χ1n) is 6.14. The summed E-state index contributed by atoms with van der Waals surface area (Å²) in [5, 5.41) is 0. The van der Waals surface area contributed by atoms with Gasteiger partial charge in [0.05, 0.1) is 6.61 Å². The molecule has 0 aliphatic heterocycles. The second kappa shape index (κ2) is 6.22. The number of nitrogen functional groups attached to an aromatic ring is 1. The number of likely N-dealkylation sites (N-methyl/N-ethyl adjacent to an activating group) is 1. The molecular formula is C14H20N2O3. The van der Waals surface area contributed by atoms with Gasteiger partial charge in [-0.3, -0.25) is 9.59 Å². The molecule has 0 fully saturated rings. The highest BCUT2D eigenvalue weighted by Gasteiger charge is 2.18.